The predicted molar refractivity (Wildman–Crippen MR) is 148 cm³/mol. The van der Waals surface area contributed by atoms with Crippen LogP contribution < -0.4 is 4.74 Å². The van der Waals surface area contributed by atoms with E-state index in [1.54, 1.807) is 0 Å². The van der Waals surface area contributed by atoms with Crippen LogP contribution in [0.4, 0.5) is 0 Å². The number of ether oxygens (including phenoxy) is 1. The van der Waals surface area contributed by atoms with Gasteiger partial charge in [-0.15, -0.1) is 0 Å². The number of aryl methyl sites for hydroxylation is 1. The molecule has 0 amide bonds. The zero-order valence-corrected chi connectivity index (χ0v) is 23.5. The van der Waals surface area contributed by atoms with Crippen molar-refractivity contribution in [1.29, 1.82) is 0 Å². The average Bonchev–Trinajstić information content (AvgIpc) is 3.12. The Kier molecular flexibility index (Phi) is 7.54. The molecule has 7 atom stereocenters. The van der Waals surface area contributed by atoms with Gasteiger partial charge in [0, 0.05) is 12.8 Å². The molecule has 5 nitrogen and oxygen atoms in total. The van der Waals surface area contributed by atoms with Crippen LogP contribution in [0, 0.1) is 34.5 Å². The van der Waals surface area contributed by atoms with Crippen molar-refractivity contribution in [3.63, 3.8) is 0 Å². The third-order valence-corrected chi connectivity index (χ3v) is 11.5. The minimum absolute atomic E-state index is 0.00518. The highest BCUT2D eigenvalue weighted by molar-refractivity contribution is 5.91. The number of carbonyl (C=O) groups excluding carboxylic acids is 1. The van der Waals surface area contributed by atoms with Crippen molar-refractivity contribution in [2.24, 2.45) is 34.5 Å². The maximum atomic E-state index is 12.4. The van der Waals surface area contributed by atoms with E-state index in [9.17, 15) is 14.7 Å². The van der Waals surface area contributed by atoms with Gasteiger partial charge in [0.2, 0.25) is 0 Å². The Morgan fingerprint density at radius 1 is 1.03 bits per heavy atom. The lowest BCUT2D eigenvalue weighted by molar-refractivity contribution is -0.137. The lowest BCUT2D eigenvalue weighted by atomic mass is 9.44. The molecule has 1 aromatic rings. The van der Waals surface area contributed by atoms with Crippen molar-refractivity contribution in [1.82, 2.24) is 0 Å². The van der Waals surface area contributed by atoms with Crippen LogP contribution in [0.3, 0.4) is 0 Å². The highest BCUT2D eigenvalue weighted by Crippen LogP contribution is 2.69. The summed E-state index contributed by atoms with van der Waals surface area (Å²) < 4.78 is 5.69. The number of hydrogen-bond donors (Lipinski definition) is 2. The average molecular weight is 523 g/mol. The smallest absolute Gasteiger partial charge is 0.303 e. The molecule has 3 saturated carbocycles. The Labute approximate surface area is 228 Å². The van der Waals surface area contributed by atoms with Crippen LogP contribution in [0.2, 0.25) is 0 Å². The first-order chi connectivity index (χ1) is 18.0. The van der Waals surface area contributed by atoms with Crippen molar-refractivity contribution in [2.75, 3.05) is 6.61 Å². The molecular weight excluding hydrogens is 476 g/mol. The summed E-state index contributed by atoms with van der Waals surface area (Å²) in [6, 6.07) is 8.23. The molecule has 1 aromatic carbocycles. The van der Waals surface area contributed by atoms with Crippen molar-refractivity contribution >= 4 is 11.8 Å². The summed E-state index contributed by atoms with van der Waals surface area (Å²) in [7, 11) is 0. The van der Waals surface area contributed by atoms with Crippen LogP contribution in [-0.4, -0.2) is 34.2 Å². The fraction of sp³-hybridized carbons (Fsp3) is 0.697. The minimum atomic E-state index is -0.791. The highest BCUT2D eigenvalue weighted by atomic mass is 16.5. The Balaban J connectivity index is 1.27. The number of ketones is 1. The number of fused-ring (bicyclic) bond motifs is 5. The number of carbonyl (C=O) groups is 2. The highest BCUT2D eigenvalue weighted by Gasteiger charge is 2.64. The molecule has 4 aliphatic rings. The molecule has 208 valence electrons. The Hall–Kier alpha value is -2.14. The summed E-state index contributed by atoms with van der Waals surface area (Å²) in [5, 5.41) is 20.2. The molecule has 5 rings (SSSR count). The number of carboxylic acids is 1. The largest absolute Gasteiger partial charge is 0.494 e. The number of benzene rings is 1. The van der Waals surface area contributed by atoms with E-state index >= 15 is 0 Å². The SMILES string of the molecule is C[C@]12CCC(=O)C=C1C[C@@H](CCCc1ccc(OCCCC(=O)O)cc1)C1C2CC[C@@]2(C)C1CC[C@]2(C)O. The van der Waals surface area contributed by atoms with Gasteiger partial charge in [-0.2, -0.15) is 0 Å². The Bertz CT molecular complexity index is 1070. The molecule has 0 aliphatic heterocycles. The molecule has 0 bridgehead atoms. The molecule has 3 unspecified atom stereocenters. The van der Waals surface area contributed by atoms with E-state index in [0.717, 1.165) is 57.1 Å². The van der Waals surface area contributed by atoms with Gasteiger partial charge in [0.05, 0.1) is 12.2 Å². The number of hydrogen-bond acceptors (Lipinski definition) is 4. The second-order valence-electron chi connectivity index (χ2n) is 13.5. The lowest BCUT2D eigenvalue weighted by Crippen LogP contribution is -2.56. The third kappa shape index (κ3) is 4.96. The quantitative estimate of drug-likeness (QED) is 0.350. The van der Waals surface area contributed by atoms with Gasteiger partial charge < -0.3 is 14.9 Å². The van der Waals surface area contributed by atoms with Gasteiger partial charge in [-0.3, -0.25) is 9.59 Å². The topological polar surface area (TPSA) is 83.8 Å². The first-order valence-electron chi connectivity index (χ1n) is 14.9. The van der Waals surface area contributed by atoms with Crippen LogP contribution in [0.25, 0.3) is 0 Å². The maximum Gasteiger partial charge on any atom is 0.303 e. The van der Waals surface area contributed by atoms with Crippen molar-refractivity contribution in [3.8, 4) is 5.75 Å². The number of carboxylic acid groups (broad SMARTS) is 1. The molecular formula is C33H46O5. The fourth-order valence-corrected chi connectivity index (χ4v) is 8.98. The zero-order chi connectivity index (χ0) is 27.1. The Morgan fingerprint density at radius 2 is 1.76 bits per heavy atom. The predicted octanol–water partition coefficient (Wildman–Crippen LogP) is 6.76. The van der Waals surface area contributed by atoms with Gasteiger partial charge in [0.25, 0.3) is 0 Å². The molecule has 4 aliphatic carbocycles. The maximum absolute atomic E-state index is 12.4. The molecule has 2 N–H and O–H groups in total. The molecule has 3 fully saturated rings. The second kappa shape index (κ2) is 10.4. The van der Waals surface area contributed by atoms with Gasteiger partial charge in [-0.1, -0.05) is 31.6 Å². The zero-order valence-electron chi connectivity index (χ0n) is 23.5. The fourth-order valence-electron chi connectivity index (χ4n) is 8.98. The first kappa shape index (κ1) is 27.4. The number of aliphatic hydroxyl groups is 1. The van der Waals surface area contributed by atoms with Gasteiger partial charge >= 0.3 is 5.97 Å². The Morgan fingerprint density at radius 3 is 2.50 bits per heavy atom. The van der Waals surface area contributed by atoms with E-state index in [1.807, 2.05) is 18.2 Å². The van der Waals surface area contributed by atoms with Gasteiger partial charge in [0.15, 0.2) is 5.78 Å². The standard InChI is InChI=1S/C33H46O5/c1-31-16-13-25(34)21-24(31)20-23(30-27(31)14-17-32(2)28(30)15-18-33(32,3)37)7-4-6-22-9-11-26(12-10-22)38-19-5-8-29(35)36/h9-12,21,23,27-28,30,37H,4-8,13-20H2,1-3H3,(H,35,36)/t23-,27?,28?,30?,31+,32+,33+/m1/s1. The minimum Gasteiger partial charge on any atom is -0.494 e. The molecule has 38 heavy (non-hydrogen) atoms. The lowest BCUT2D eigenvalue weighted by Gasteiger charge is -2.61. The number of aliphatic carboxylic acids is 1. The van der Waals surface area contributed by atoms with Crippen LogP contribution in [-0.2, 0) is 16.0 Å². The van der Waals surface area contributed by atoms with Gasteiger partial charge in [0.1, 0.15) is 5.75 Å². The monoisotopic (exact) mass is 522 g/mol. The van der Waals surface area contributed by atoms with E-state index in [-0.39, 0.29) is 17.3 Å². The summed E-state index contributed by atoms with van der Waals surface area (Å²) in [5.74, 6) is 2.68. The van der Waals surface area contributed by atoms with E-state index < -0.39 is 11.6 Å². The summed E-state index contributed by atoms with van der Waals surface area (Å²) >= 11 is 0. The molecule has 0 spiro atoms. The van der Waals surface area contributed by atoms with Crippen molar-refractivity contribution < 1.29 is 24.5 Å². The summed E-state index contributed by atoms with van der Waals surface area (Å²) in [6.45, 7) is 7.30. The van der Waals surface area contributed by atoms with E-state index in [1.165, 1.54) is 17.6 Å². The summed E-state index contributed by atoms with van der Waals surface area (Å²) in [4.78, 5) is 23.1. The molecule has 0 radical (unpaired) electrons. The van der Waals surface area contributed by atoms with E-state index in [2.05, 4.69) is 32.9 Å². The summed E-state index contributed by atoms with van der Waals surface area (Å²) in [5.41, 5.74) is 2.27. The van der Waals surface area contributed by atoms with E-state index in [4.69, 9.17) is 9.84 Å². The summed E-state index contributed by atoms with van der Waals surface area (Å²) in [6.07, 6.45) is 13.0. The number of rotatable bonds is 9. The van der Waals surface area contributed by atoms with E-state index in [0.29, 0.717) is 48.9 Å². The van der Waals surface area contributed by atoms with Crippen molar-refractivity contribution in [3.05, 3.63) is 41.5 Å². The second-order valence-corrected chi connectivity index (χ2v) is 13.5. The molecule has 0 aromatic heterocycles. The number of allylic oxidation sites excluding steroid dienone is 1. The van der Waals surface area contributed by atoms with Crippen molar-refractivity contribution in [2.45, 2.75) is 103 Å². The molecule has 0 saturated heterocycles. The molecule has 0 heterocycles. The van der Waals surface area contributed by atoms with Crippen LogP contribution in [0.1, 0.15) is 97.0 Å². The van der Waals surface area contributed by atoms with Gasteiger partial charge in [-0.25, -0.2) is 0 Å². The molecule has 5 heteroatoms. The third-order valence-electron chi connectivity index (χ3n) is 11.5. The van der Waals surface area contributed by atoms with Gasteiger partial charge in [-0.05, 0) is 129 Å². The van der Waals surface area contributed by atoms with Crippen LogP contribution >= 0.6 is 0 Å². The van der Waals surface area contributed by atoms with Crippen LogP contribution in [0.5, 0.6) is 5.75 Å². The normalized spacial score (nSPS) is 38.1. The van der Waals surface area contributed by atoms with Crippen LogP contribution in [0.15, 0.2) is 35.9 Å². The first-order valence-corrected chi connectivity index (χ1v) is 14.9.